The van der Waals surface area contributed by atoms with Gasteiger partial charge < -0.3 is 10.1 Å². The van der Waals surface area contributed by atoms with Crippen LogP contribution < -0.4 is 10.6 Å². The third-order valence-electron chi connectivity index (χ3n) is 2.89. The van der Waals surface area contributed by atoms with E-state index < -0.39 is 6.09 Å². The van der Waals surface area contributed by atoms with E-state index in [0.29, 0.717) is 22.3 Å². The van der Waals surface area contributed by atoms with Crippen molar-refractivity contribution >= 4 is 33.5 Å². The van der Waals surface area contributed by atoms with Crippen LogP contribution >= 0.6 is 15.9 Å². The maximum Gasteiger partial charge on any atom is 0.411 e. The van der Waals surface area contributed by atoms with Crippen molar-refractivity contribution in [2.75, 3.05) is 18.5 Å². The predicted molar refractivity (Wildman–Crippen MR) is 91.6 cm³/mol. The zero-order valence-corrected chi connectivity index (χ0v) is 15.3. The second-order valence-electron chi connectivity index (χ2n) is 6.02. The van der Waals surface area contributed by atoms with Crippen LogP contribution in [0.25, 0.3) is 0 Å². The van der Waals surface area contributed by atoms with Crippen LogP contribution in [0.5, 0.6) is 0 Å². The molecule has 0 radical (unpaired) electrons. The Kier molecular flexibility index (Phi) is 6.56. The van der Waals surface area contributed by atoms with E-state index in [-0.39, 0.29) is 17.9 Å². The molecule has 0 spiro atoms. The first kappa shape index (κ1) is 18.6. The van der Waals surface area contributed by atoms with Crippen molar-refractivity contribution in [1.82, 2.24) is 5.32 Å². The minimum absolute atomic E-state index is 0.00131. The fourth-order valence-electron chi connectivity index (χ4n) is 1.78. The summed E-state index contributed by atoms with van der Waals surface area (Å²) >= 11 is 3.39. The van der Waals surface area contributed by atoms with Crippen molar-refractivity contribution in [3.8, 4) is 0 Å². The van der Waals surface area contributed by atoms with E-state index in [9.17, 15) is 9.59 Å². The number of carbonyl (C=O) groups is 2. The van der Waals surface area contributed by atoms with Crippen molar-refractivity contribution in [2.24, 2.45) is 0 Å². The van der Waals surface area contributed by atoms with E-state index in [1.165, 1.54) is 0 Å². The highest BCUT2D eigenvalue weighted by Crippen LogP contribution is 2.28. The highest BCUT2D eigenvalue weighted by molar-refractivity contribution is 9.10. The summed E-state index contributed by atoms with van der Waals surface area (Å²) in [6, 6.07) is 3.47. The lowest BCUT2D eigenvalue weighted by Gasteiger charge is -2.20. The molecule has 0 bridgehead atoms. The van der Waals surface area contributed by atoms with Gasteiger partial charge in [-0.05, 0) is 68.2 Å². The first-order chi connectivity index (χ1) is 10.1. The van der Waals surface area contributed by atoms with E-state index in [2.05, 4.69) is 26.6 Å². The van der Waals surface area contributed by atoms with E-state index in [1.54, 1.807) is 19.1 Å². The minimum atomic E-state index is -0.514. The van der Waals surface area contributed by atoms with Crippen molar-refractivity contribution in [1.29, 1.82) is 0 Å². The number of ketones is 1. The molecule has 0 fully saturated rings. The Labute approximate surface area is 139 Å². The Morgan fingerprint density at radius 2 is 1.91 bits per heavy atom. The highest BCUT2D eigenvalue weighted by atomic mass is 79.9. The molecule has 6 heteroatoms. The molecule has 22 heavy (non-hydrogen) atoms. The summed E-state index contributed by atoms with van der Waals surface area (Å²) in [5.41, 5.74) is 1.88. The molecule has 0 saturated heterocycles. The maximum absolute atomic E-state index is 12.2. The lowest BCUT2D eigenvalue weighted by Crippen LogP contribution is -2.39. The summed E-state index contributed by atoms with van der Waals surface area (Å²) < 4.78 is 5.51. The molecular formula is C16H23BrN2O3. The summed E-state index contributed by atoms with van der Waals surface area (Å²) in [7, 11) is 0. The van der Waals surface area contributed by atoms with E-state index in [4.69, 9.17) is 4.74 Å². The maximum atomic E-state index is 12.2. The molecule has 1 rings (SSSR count). The average molecular weight is 371 g/mol. The average Bonchev–Trinajstić information content (AvgIpc) is 2.39. The fourth-order valence-corrected chi connectivity index (χ4v) is 2.44. The largest absolute Gasteiger partial charge is 0.450 e. The van der Waals surface area contributed by atoms with Gasteiger partial charge in [-0.3, -0.25) is 10.1 Å². The summed E-state index contributed by atoms with van der Waals surface area (Å²) in [6.45, 7) is 10.2. The number of halogens is 1. The van der Waals surface area contributed by atoms with Gasteiger partial charge in [0.25, 0.3) is 0 Å². The fraction of sp³-hybridized carbons (Fsp3) is 0.500. The molecule has 0 aliphatic rings. The summed E-state index contributed by atoms with van der Waals surface area (Å²) in [4.78, 5) is 23.8. The van der Waals surface area contributed by atoms with E-state index in [0.717, 1.165) is 5.56 Å². The molecule has 2 N–H and O–H groups in total. The Morgan fingerprint density at radius 3 is 2.41 bits per heavy atom. The molecule has 5 nitrogen and oxygen atoms in total. The third kappa shape index (κ3) is 5.77. The Balaban J connectivity index is 2.89. The van der Waals surface area contributed by atoms with Crippen molar-refractivity contribution in [3.05, 3.63) is 27.7 Å². The second kappa shape index (κ2) is 7.74. The molecule has 0 heterocycles. The number of Topliss-reactive ketones (excluding diaryl/α,β-unsaturated/α-hetero) is 1. The van der Waals surface area contributed by atoms with Gasteiger partial charge in [0.2, 0.25) is 0 Å². The number of rotatable bonds is 5. The highest BCUT2D eigenvalue weighted by Gasteiger charge is 2.16. The molecule has 0 saturated carbocycles. The van der Waals surface area contributed by atoms with Gasteiger partial charge >= 0.3 is 6.09 Å². The quantitative estimate of drug-likeness (QED) is 0.771. The van der Waals surface area contributed by atoms with E-state index >= 15 is 0 Å². The summed E-state index contributed by atoms with van der Waals surface area (Å²) in [5, 5.41) is 5.83. The number of hydrogen-bond acceptors (Lipinski definition) is 4. The molecule has 1 aromatic rings. The van der Waals surface area contributed by atoms with Crippen LogP contribution in [0.1, 0.15) is 43.6 Å². The van der Waals surface area contributed by atoms with Crippen LogP contribution in [0.15, 0.2) is 16.6 Å². The van der Waals surface area contributed by atoms with Gasteiger partial charge in [0.15, 0.2) is 5.78 Å². The smallest absolute Gasteiger partial charge is 0.411 e. The standard InChI is InChI=1S/C16H23BrN2O3/c1-6-22-15(21)19-14-10(2)7-11(8-12(14)17)13(20)9-18-16(3,4)5/h7-8,18H,6,9H2,1-5H3,(H,19,21). The summed E-state index contributed by atoms with van der Waals surface area (Å²) in [6.07, 6.45) is -0.514. The van der Waals surface area contributed by atoms with Crippen LogP contribution in [0.4, 0.5) is 10.5 Å². The zero-order valence-electron chi connectivity index (χ0n) is 13.7. The van der Waals surface area contributed by atoms with Gasteiger partial charge in [-0.1, -0.05) is 0 Å². The number of carbonyl (C=O) groups excluding carboxylic acids is 2. The monoisotopic (exact) mass is 370 g/mol. The number of ether oxygens (including phenoxy) is 1. The Hall–Kier alpha value is -1.40. The minimum Gasteiger partial charge on any atom is -0.450 e. The van der Waals surface area contributed by atoms with Gasteiger partial charge in [0.05, 0.1) is 18.8 Å². The zero-order chi connectivity index (χ0) is 16.9. The number of hydrogen-bond donors (Lipinski definition) is 2. The lowest BCUT2D eigenvalue weighted by molar-refractivity contribution is 0.0982. The van der Waals surface area contributed by atoms with Gasteiger partial charge in [-0.25, -0.2) is 4.79 Å². The van der Waals surface area contributed by atoms with Crippen molar-refractivity contribution in [2.45, 2.75) is 40.2 Å². The molecule has 0 unspecified atom stereocenters. The summed E-state index contributed by atoms with van der Waals surface area (Å²) in [5.74, 6) is 0.00131. The molecule has 0 aromatic heterocycles. The SMILES string of the molecule is CCOC(=O)Nc1c(C)cc(C(=O)CNC(C)(C)C)cc1Br. The molecule has 122 valence electrons. The Bertz CT molecular complexity index is 542. The second-order valence-corrected chi connectivity index (χ2v) is 6.88. The van der Waals surface area contributed by atoms with Gasteiger partial charge in [0.1, 0.15) is 0 Å². The number of anilines is 1. The van der Waals surface area contributed by atoms with Crippen molar-refractivity contribution < 1.29 is 14.3 Å². The van der Waals surface area contributed by atoms with Crippen LogP contribution in [0.2, 0.25) is 0 Å². The number of benzene rings is 1. The number of nitrogens with one attached hydrogen (secondary N) is 2. The van der Waals surface area contributed by atoms with Crippen LogP contribution in [0, 0.1) is 6.92 Å². The molecular weight excluding hydrogens is 348 g/mol. The van der Waals surface area contributed by atoms with Crippen molar-refractivity contribution in [3.63, 3.8) is 0 Å². The van der Waals surface area contributed by atoms with Gasteiger partial charge in [-0.2, -0.15) is 0 Å². The predicted octanol–water partition coefficient (Wildman–Crippen LogP) is 3.90. The van der Waals surface area contributed by atoms with Crippen LogP contribution in [-0.2, 0) is 4.74 Å². The first-order valence-corrected chi connectivity index (χ1v) is 7.95. The number of amides is 1. The van der Waals surface area contributed by atoms with Crippen LogP contribution in [-0.4, -0.2) is 30.6 Å². The van der Waals surface area contributed by atoms with Gasteiger partial charge in [0, 0.05) is 15.6 Å². The van der Waals surface area contributed by atoms with Gasteiger partial charge in [-0.15, -0.1) is 0 Å². The normalized spacial score (nSPS) is 11.2. The lowest BCUT2D eigenvalue weighted by atomic mass is 10.0. The molecule has 0 atom stereocenters. The van der Waals surface area contributed by atoms with Crippen LogP contribution in [0.3, 0.4) is 0 Å². The first-order valence-electron chi connectivity index (χ1n) is 7.16. The molecule has 1 amide bonds. The molecule has 1 aromatic carbocycles. The third-order valence-corrected chi connectivity index (χ3v) is 3.52. The Morgan fingerprint density at radius 1 is 1.27 bits per heavy atom. The molecule has 0 aliphatic carbocycles. The molecule has 0 aliphatic heterocycles. The number of aryl methyl sites for hydroxylation is 1. The van der Waals surface area contributed by atoms with E-state index in [1.807, 2.05) is 27.7 Å². The topological polar surface area (TPSA) is 67.4 Å².